The predicted molar refractivity (Wildman–Crippen MR) is 73.0 cm³/mol. The van der Waals surface area contributed by atoms with Crippen molar-refractivity contribution in [2.75, 3.05) is 20.3 Å². The smallest absolute Gasteiger partial charge is 0.119 e. The van der Waals surface area contributed by atoms with Crippen LogP contribution in [0.4, 0.5) is 0 Å². The molecule has 18 heavy (non-hydrogen) atoms. The standard InChI is InChI=1S/C15H23NO2/c1-3-16-15(11-18-13-7-5-8-13)12-6-4-9-14(10-12)17-2/h4,6,9-10,13,15-16H,3,5,7-8,11H2,1-2H3. The van der Waals surface area contributed by atoms with Crippen molar-refractivity contribution in [3.63, 3.8) is 0 Å². The van der Waals surface area contributed by atoms with Crippen LogP contribution in [-0.2, 0) is 4.74 Å². The molecule has 1 saturated carbocycles. The minimum atomic E-state index is 0.255. The van der Waals surface area contributed by atoms with Gasteiger partial charge in [-0.3, -0.25) is 0 Å². The van der Waals surface area contributed by atoms with Gasteiger partial charge in [0.2, 0.25) is 0 Å². The van der Waals surface area contributed by atoms with Gasteiger partial charge in [0.25, 0.3) is 0 Å². The Hall–Kier alpha value is -1.06. The zero-order chi connectivity index (χ0) is 12.8. The summed E-state index contributed by atoms with van der Waals surface area (Å²) in [6, 6.07) is 8.46. The molecule has 0 heterocycles. The summed E-state index contributed by atoms with van der Waals surface area (Å²) in [5.41, 5.74) is 1.23. The first-order chi connectivity index (χ1) is 8.83. The van der Waals surface area contributed by atoms with Gasteiger partial charge in [0.15, 0.2) is 0 Å². The van der Waals surface area contributed by atoms with E-state index >= 15 is 0 Å². The Labute approximate surface area is 109 Å². The van der Waals surface area contributed by atoms with Crippen LogP contribution in [0.2, 0.25) is 0 Å². The second kappa shape index (κ2) is 6.76. The van der Waals surface area contributed by atoms with Gasteiger partial charge in [0, 0.05) is 0 Å². The minimum Gasteiger partial charge on any atom is -0.497 e. The van der Waals surface area contributed by atoms with Gasteiger partial charge in [-0.05, 0) is 43.5 Å². The first-order valence-corrected chi connectivity index (χ1v) is 6.82. The second-order valence-electron chi connectivity index (χ2n) is 4.77. The molecule has 0 aliphatic heterocycles. The monoisotopic (exact) mass is 249 g/mol. The zero-order valence-corrected chi connectivity index (χ0v) is 11.3. The quantitative estimate of drug-likeness (QED) is 0.806. The number of ether oxygens (including phenoxy) is 2. The van der Waals surface area contributed by atoms with E-state index in [1.165, 1.54) is 24.8 Å². The van der Waals surface area contributed by atoms with E-state index in [0.29, 0.717) is 6.10 Å². The van der Waals surface area contributed by atoms with Crippen LogP contribution in [0.3, 0.4) is 0 Å². The molecule has 0 amide bonds. The van der Waals surface area contributed by atoms with Crippen molar-refractivity contribution in [3.05, 3.63) is 29.8 Å². The van der Waals surface area contributed by atoms with E-state index in [0.717, 1.165) is 18.9 Å². The summed E-state index contributed by atoms with van der Waals surface area (Å²) in [7, 11) is 1.70. The van der Waals surface area contributed by atoms with Gasteiger partial charge in [-0.2, -0.15) is 0 Å². The third-order valence-corrected chi connectivity index (χ3v) is 3.50. The van der Waals surface area contributed by atoms with Crippen LogP contribution >= 0.6 is 0 Å². The van der Waals surface area contributed by atoms with E-state index in [9.17, 15) is 0 Å². The Kier molecular flexibility index (Phi) is 5.02. The number of hydrogen-bond acceptors (Lipinski definition) is 3. The second-order valence-corrected chi connectivity index (χ2v) is 4.77. The lowest BCUT2D eigenvalue weighted by Crippen LogP contribution is -2.30. The normalized spacial score (nSPS) is 17.2. The Balaban J connectivity index is 1.97. The minimum absolute atomic E-state index is 0.255. The molecule has 1 unspecified atom stereocenters. The SMILES string of the molecule is CCNC(COC1CCC1)c1cccc(OC)c1. The lowest BCUT2D eigenvalue weighted by molar-refractivity contribution is -0.00862. The van der Waals surface area contributed by atoms with Gasteiger partial charge in [0.05, 0.1) is 25.9 Å². The summed E-state index contributed by atoms with van der Waals surface area (Å²) in [4.78, 5) is 0. The molecule has 2 rings (SSSR count). The Bertz CT molecular complexity index is 363. The highest BCUT2D eigenvalue weighted by Crippen LogP contribution is 2.25. The highest BCUT2D eigenvalue weighted by Gasteiger charge is 2.20. The average molecular weight is 249 g/mol. The lowest BCUT2D eigenvalue weighted by Gasteiger charge is -2.28. The third-order valence-electron chi connectivity index (χ3n) is 3.50. The molecular weight excluding hydrogens is 226 g/mol. The van der Waals surface area contributed by atoms with Crippen molar-refractivity contribution in [1.29, 1.82) is 0 Å². The third kappa shape index (κ3) is 3.47. The summed E-state index contributed by atoms with van der Waals surface area (Å²) in [6.07, 6.45) is 4.24. The molecule has 0 saturated heterocycles. The highest BCUT2D eigenvalue weighted by molar-refractivity contribution is 5.30. The van der Waals surface area contributed by atoms with Crippen LogP contribution in [-0.4, -0.2) is 26.4 Å². The Morgan fingerprint density at radius 2 is 2.22 bits per heavy atom. The lowest BCUT2D eigenvalue weighted by atomic mass is 9.96. The van der Waals surface area contributed by atoms with Gasteiger partial charge in [-0.1, -0.05) is 19.1 Å². The van der Waals surface area contributed by atoms with Gasteiger partial charge < -0.3 is 14.8 Å². The molecule has 1 aliphatic carbocycles. The highest BCUT2D eigenvalue weighted by atomic mass is 16.5. The number of likely N-dealkylation sites (N-methyl/N-ethyl adjacent to an activating group) is 1. The maximum absolute atomic E-state index is 5.92. The molecule has 0 aromatic heterocycles. The molecule has 1 N–H and O–H groups in total. The summed E-state index contributed by atoms with van der Waals surface area (Å²) in [6.45, 7) is 3.80. The zero-order valence-electron chi connectivity index (χ0n) is 11.3. The number of rotatable bonds is 7. The van der Waals surface area contributed by atoms with E-state index in [2.05, 4.69) is 24.4 Å². The Morgan fingerprint density at radius 1 is 1.39 bits per heavy atom. The van der Waals surface area contributed by atoms with Gasteiger partial charge >= 0.3 is 0 Å². The largest absolute Gasteiger partial charge is 0.497 e. The summed E-state index contributed by atoms with van der Waals surface area (Å²) in [5, 5.41) is 3.47. The number of nitrogens with one attached hydrogen (secondary N) is 1. The van der Waals surface area contributed by atoms with Crippen molar-refractivity contribution in [3.8, 4) is 5.75 Å². The fourth-order valence-electron chi connectivity index (χ4n) is 2.15. The molecule has 1 aromatic carbocycles. The summed E-state index contributed by atoms with van der Waals surface area (Å²) < 4.78 is 11.2. The molecule has 0 spiro atoms. The number of benzene rings is 1. The van der Waals surface area contributed by atoms with Crippen LogP contribution in [0, 0.1) is 0 Å². The van der Waals surface area contributed by atoms with E-state index < -0.39 is 0 Å². The van der Waals surface area contributed by atoms with Crippen LogP contribution in [0.5, 0.6) is 5.75 Å². The van der Waals surface area contributed by atoms with Crippen LogP contribution < -0.4 is 10.1 Å². The first kappa shape index (κ1) is 13.4. The van der Waals surface area contributed by atoms with Crippen molar-refractivity contribution in [1.82, 2.24) is 5.32 Å². The van der Waals surface area contributed by atoms with Crippen LogP contribution in [0.1, 0.15) is 37.8 Å². The molecule has 0 radical (unpaired) electrons. The molecule has 3 heteroatoms. The number of hydrogen-bond donors (Lipinski definition) is 1. The molecule has 3 nitrogen and oxygen atoms in total. The summed E-state index contributed by atoms with van der Waals surface area (Å²) in [5.74, 6) is 0.902. The molecular formula is C15H23NO2. The van der Waals surface area contributed by atoms with Crippen LogP contribution in [0.25, 0.3) is 0 Å². The van der Waals surface area contributed by atoms with Gasteiger partial charge in [-0.15, -0.1) is 0 Å². The molecule has 1 aromatic rings. The van der Waals surface area contributed by atoms with Crippen molar-refractivity contribution >= 4 is 0 Å². The van der Waals surface area contributed by atoms with Crippen molar-refractivity contribution in [2.45, 2.75) is 38.3 Å². The van der Waals surface area contributed by atoms with E-state index in [1.54, 1.807) is 7.11 Å². The fraction of sp³-hybridized carbons (Fsp3) is 0.600. The predicted octanol–water partition coefficient (Wildman–Crippen LogP) is 2.91. The molecule has 0 bridgehead atoms. The summed E-state index contributed by atoms with van der Waals surface area (Å²) >= 11 is 0. The van der Waals surface area contributed by atoms with Crippen molar-refractivity contribution in [2.24, 2.45) is 0 Å². The van der Waals surface area contributed by atoms with Gasteiger partial charge in [-0.25, -0.2) is 0 Å². The average Bonchev–Trinajstić information content (AvgIpc) is 2.36. The maximum Gasteiger partial charge on any atom is 0.119 e. The molecule has 100 valence electrons. The molecule has 1 fully saturated rings. The Morgan fingerprint density at radius 3 is 2.83 bits per heavy atom. The van der Waals surface area contributed by atoms with E-state index in [-0.39, 0.29) is 6.04 Å². The maximum atomic E-state index is 5.92. The first-order valence-electron chi connectivity index (χ1n) is 6.82. The fourth-order valence-corrected chi connectivity index (χ4v) is 2.15. The van der Waals surface area contributed by atoms with E-state index in [1.807, 2.05) is 12.1 Å². The van der Waals surface area contributed by atoms with Crippen LogP contribution in [0.15, 0.2) is 24.3 Å². The van der Waals surface area contributed by atoms with Gasteiger partial charge in [0.1, 0.15) is 5.75 Å². The topological polar surface area (TPSA) is 30.5 Å². The number of methoxy groups -OCH3 is 1. The molecule has 1 atom stereocenters. The molecule has 1 aliphatic rings. The van der Waals surface area contributed by atoms with Crippen molar-refractivity contribution < 1.29 is 9.47 Å². The van der Waals surface area contributed by atoms with E-state index in [4.69, 9.17) is 9.47 Å².